The van der Waals surface area contributed by atoms with Gasteiger partial charge in [0.25, 0.3) is 0 Å². The Morgan fingerprint density at radius 2 is 1.77 bits per heavy atom. The second-order valence-corrected chi connectivity index (χ2v) is 6.74. The van der Waals surface area contributed by atoms with E-state index in [1.54, 1.807) is 14.2 Å². The Morgan fingerprint density at radius 1 is 1.00 bits per heavy atom. The van der Waals surface area contributed by atoms with Crippen molar-refractivity contribution in [1.82, 2.24) is 4.57 Å². The maximum Gasteiger partial charge on any atom is 0.235 e. The molecule has 134 valence electrons. The van der Waals surface area contributed by atoms with E-state index in [0.717, 1.165) is 30.3 Å². The van der Waals surface area contributed by atoms with Crippen molar-refractivity contribution in [2.75, 3.05) is 14.2 Å². The second-order valence-electron chi connectivity index (χ2n) is 6.74. The molecule has 26 heavy (non-hydrogen) atoms. The molecule has 0 spiro atoms. The normalized spacial score (nSPS) is 13.5. The number of ether oxygens (including phenoxy) is 2. The van der Waals surface area contributed by atoms with Crippen LogP contribution in [-0.4, -0.2) is 24.7 Å². The lowest BCUT2D eigenvalue weighted by Gasteiger charge is -2.15. The molecule has 1 aromatic heterocycles. The molecule has 1 aliphatic carbocycles. The molecule has 3 aromatic rings. The number of carbonyl (C=O) groups excluding carboxylic acids is 1. The van der Waals surface area contributed by atoms with Gasteiger partial charge in [0.05, 0.1) is 26.2 Å². The summed E-state index contributed by atoms with van der Waals surface area (Å²) in [6.07, 6.45) is 4.72. The Labute approximate surface area is 153 Å². The van der Waals surface area contributed by atoms with Gasteiger partial charge in [0.1, 0.15) is 0 Å². The molecule has 0 saturated carbocycles. The number of aryl methyl sites for hydroxylation is 1. The van der Waals surface area contributed by atoms with Gasteiger partial charge in [-0.2, -0.15) is 0 Å². The molecule has 4 nitrogen and oxygen atoms in total. The summed E-state index contributed by atoms with van der Waals surface area (Å²) in [7, 11) is 3.22. The van der Waals surface area contributed by atoms with Gasteiger partial charge in [-0.3, -0.25) is 9.36 Å². The van der Waals surface area contributed by atoms with E-state index in [-0.39, 0.29) is 5.91 Å². The summed E-state index contributed by atoms with van der Waals surface area (Å²) < 4.78 is 12.6. The van der Waals surface area contributed by atoms with E-state index in [9.17, 15) is 4.79 Å². The zero-order valence-electron chi connectivity index (χ0n) is 15.2. The Bertz CT molecular complexity index is 971. The molecule has 0 fully saturated rings. The lowest BCUT2D eigenvalue weighted by atomic mass is 9.95. The first-order valence-corrected chi connectivity index (χ1v) is 9.08. The third-order valence-electron chi connectivity index (χ3n) is 5.23. The van der Waals surface area contributed by atoms with Crippen LogP contribution in [0.2, 0.25) is 0 Å². The molecule has 0 atom stereocenters. The molecule has 2 aromatic carbocycles. The van der Waals surface area contributed by atoms with Crippen LogP contribution in [0.15, 0.2) is 42.5 Å². The van der Waals surface area contributed by atoms with Crippen LogP contribution >= 0.6 is 0 Å². The fraction of sp³-hybridized carbons (Fsp3) is 0.318. The van der Waals surface area contributed by atoms with E-state index in [4.69, 9.17) is 9.47 Å². The van der Waals surface area contributed by atoms with E-state index in [1.807, 2.05) is 28.8 Å². The molecular weight excluding hydrogens is 326 g/mol. The first-order chi connectivity index (χ1) is 12.7. The number of nitrogens with zero attached hydrogens (tertiary/aromatic N) is 1. The standard InChI is InChI=1S/C22H23NO3/c1-25-20-12-11-15(13-21(20)26-2)14-22(24)23-18-9-5-3-7-16(18)17-8-4-6-10-19(17)23/h3,5,7,9,11-13H,4,6,8,10,14H2,1-2H3. The van der Waals surface area contributed by atoms with Gasteiger partial charge in [-0.1, -0.05) is 24.3 Å². The molecule has 0 bridgehead atoms. The summed E-state index contributed by atoms with van der Waals surface area (Å²) in [6.45, 7) is 0. The van der Waals surface area contributed by atoms with Crippen molar-refractivity contribution < 1.29 is 14.3 Å². The van der Waals surface area contributed by atoms with E-state index >= 15 is 0 Å². The van der Waals surface area contributed by atoms with E-state index in [0.29, 0.717) is 17.9 Å². The maximum absolute atomic E-state index is 13.2. The highest BCUT2D eigenvalue weighted by Crippen LogP contribution is 2.33. The Hall–Kier alpha value is -2.75. The maximum atomic E-state index is 13.2. The molecule has 0 N–H and O–H groups in total. The van der Waals surface area contributed by atoms with Crippen LogP contribution in [0.1, 0.15) is 34.5 Å². The average molecular weight is 349 g/mol. The quantitative estimate of drug-likeness (QED) is 0.700. The highest BCUT2D eigenvalue weighted by Gasteiger charge is 2.23. The summed E-state index contributed by atoms with van der Waals surface area (Å²) in [5, 5.41) is 1.22. The lowest BCUT2D eigenvalue weighted by molar-refractivity contribution is 0.0915. The van der Waals surface area contributed by atoms with Crippen LogP contribution in [0, 0.1) is 0 Å². The third kappa shape index (κ3) is 2.75. The SMILES string of the molecule is COc1ccc(CC(=O)n2c3c(c4ccccc42)CCCC3)cc1OC. The molecule has 0 aliphatic heterocycles. The number of hydrogen-bond acceptors (Lipinski definition) is 3. The molecule has 0 radical (unpaired) electrons. The minimum atomic E-state index is 0.108. The number of fused-ring (bicyclic) bond motifs is 3. The Morgan fingerprint density at radius 3 is 2.58 bits per heavy atom. The highest BCUT2D eigenvalue weighted by molar-refractivity contribution is 5.97. The predicted octanol–water partition coefficient (Wildman–Crippen LogP) is 4.42. The van der Waals surface area contributed by atoms with Gasteiger partial charge in [-0.05, 0) is 55.0 Å². The van der Waals surface area contributed by atoms with Crippen LogP contribution in [0.5, 0.6) is 11.5 Å². The molecule has 0 saturated heterocycles. The van der Waals surface area contributed by atoms with Gasteiger partial charge in [0.2, 0.25) is 5.91 Å². The first kappa shape index (κ1) is 16.7. The van der Waals surface area contributed by atoms with Crippen molar-refractivity contribution in [1.29, 1.82) is 0 Å². The van der Waals surface area contributed by atoms with Gasteiger partial charge in [0.15, 0.2) is 11.5 Å². The van der Waals surface area contributed by atoms with Gasteiger partial charge in [-0.25, -0.2) is 0 Å². The topological polar surface area (TPSA) is 40.5 Å². The van der Waals surface area contributed by atoms with Gasteiger partial charge in [0, 0.05) is 11.1 Å². The minimum absolute atomic E-state index is 0.108. The molecule has 0 unspecified atom stereocenters. The lowest BCUT2D eigenvalue weighted by Crippen LogP contribution is -2.18. The molecular formula is C22H23NO3. The Balaban J connectivity index is 1.73. The number of benzene rings is 2. The number of rotatable bonds is 4. The summed E-state index contributed by atoms with van der Waals surface area (Å²) in [4.78, 5) is 13.2. The fourth-order valence-electron chi connectivity index (χ4n) is 4.02. The first-order valence-electron chi connectivity index (χ1n) is 9.08. The largest absolute Gasteiger partial charge is 0.493 e. The third-order valence-corrected chi connectivity index (χ3v) is 5.23. The van der Waals surface area contributed by atoms with E-state index in [2.05, 4.69) is 18.2 Å². The number of carbonyl (C=O) groups is 1. The molecule has 4 rings (SSSR count). The van der Waals surface area contributed by atoms with E-state index < -0.39 is 0 Å². The molecule has 4 heteroatoms. The average Bonchev–Trinajstić information content (AvgIpc) is 3.02. The smallest absolute Gasteiger partial charge is 0.235 e. The van der Waals surface area contributed by atoms with Gasteiger partial charge >= 0.3 is 0 Å². The number of methoxy groups -OCH3 is 2. The summed E-state index contributed by atoms with van der Waals surface area (Å²) >= 11 is 0. The zero-order chi connectivity index (χ0) is 18.1. The van der Waals surface area contributed by atoms with Crippen LogP contribution in [0.3, 0.4) is 0 Å². The van der Waals surface area contributed by atoms with E-state index in [1.165, 1.54) is 23.1 Å². The van der Waals surface area contributed by atoms with Gasteiger partial charge in [-0.15, -0.1) is 0 Å². The zero-order valence-corrected chi connectivity index (χ0v) is 15.2. The highest BCUT2D eigenvalue weighted by atomic mass is 16.5. The molecule has 1 heterocycles. The van der Waals surface area contributed by atoms with Crippen molar-refractivity contribution >= 4 is 16.8 Å². The minimum Gasteiger partial charge on any atom is -0.493 e. The van der Waals surface area contributed by atoms with Crippen molar-refractivity contribution in [3.8, 4) is 11.5 Å². The summed E-state index contributed by atoms with van der Waals surface area (Å²) in [5.74, 6) is 1.43. The monoisotopic (exact) mass is 349 g/mol. The molecule has 1 aliphatic rings. The van der Waals surface area contributed by atoms with Crippen LogP contribution in [0.4, 0.5) is 0 Å². The van der Waals surface area contributed by atoms with Crippen molar-refractivity contribution in [2.45, 2.75) is 32.1 Å². The summed E-state index contributed by atoms with van der Waals surface area (Å²) in [5.41, 5.74) is 4.51. The van der Waals surface area contributed by atoms with Crippen molar-refractivity contribution in [3.63, 3.8) is 0 Å². The predicted molar refractivity (Wildman–Crippen MR) is 102 cm³/mol. The van der Waals surface area contributed by atoms with Crippen molar-refractivity contribution in [2.24, 2.45) is 0 Å². The number of hydrogen-bond donors (Lipinski definition) is 0. The Kier molecular flexibility index (Phi) is 4.41. The van der Waals surface area contributed by atoms with Crippen LogP contribution in [-0.2, 0) is 19.3 Å². The van der Waals surface area contributed by atoms with Crippen LogP contribution in [0.25, 0.3) is 10.9 Å². The van der Waals surface area contributed by atoms with Gasteiger partial charge < -0.3 is 9.47 Å². The van der Waals surface area contributed by atoms with Crippen molar-refractivity contribution in [3.05, 3.63) is 59.3 Å². The number of aromatic nitrogens is 1. The van der Waals surface area contributed by atoms with Crippen LogP contribution < -0.4 is 9.47 Å². The summed E-state index contributed by atoms with van der Waals surface area (Å²) in [6, 6.07) is 13.9. The number of para-hydroxylation sites is 1. The molecule has 0 amide bonds. The second kappa shape index (κ2) is 6.87. The fourth-order valence-corrected chi connectivity index (χ4v) is 4.02.